The van der Waals surface area contributed by atoms with E-state index in [4.69, 9.17) is 19.9 Å². The van der Waals surface area contributed by atoms with Crippen molar-refractivity contribution in [3.63, 3.8) is 0 Å². The molecule has 0 heterocycles. The molecule has 92 valence electrons. The highest BCUT2D eigenvalue weighted by Gasteiger charge is 2.21. The lowest BCUT2D eigenvalue weighted by atomic mass is 10.1. The predicted octanol–water partition coefficient (Wildman–Crippen LogP) is 0.417. The van der Waals surface area contributed by atoms with Crippen molar-refractivity contribution >= 4 is 10.0 Å². The summed E-state index contributed by atoms with van der Waals surface area (Å²) in [6.45, 7) is 0. The van der Waals surface area contributed by atoms with E-state index in [0.29, 0.717) is 5.75 Å². The maximum atomic E-state index is 11.4. The highest BCUT2D eigenvalue weighted by Crippen LogP contribution is 2.35. The quantitative estimate of drug-likeness (QED) is 0.840. The molecule has 0 aliphatic rings. The van der Waals surface area contributed by atoms with Gasteiger partial charge in [0.05, 0.1) is 31.6 Å². The molecular weight excluding hydrogens is 244 g/mol. The van der Waals surface area contributed by atoms with Gasteiger partial charge < -0.3 is 9.47 Å². The van der Waals surface area contributed by atoms with Crippen molar-refractivity contribution in [2.75, 3.05) is 14.2 Å². The number of nitriles is 1. The SMILES string of the molecule is COc1ccc(S(N)(=O)=O)c(CC#N)c1OC. The van der Waals surface area contributed by atoms with Crippen molar-refractivity contribution in [1.82, 2.24) is 0 Å². The van der Waals surface area contributed by atoms with Crippen molar-refractivity contribution in [3.05, 3.63) is 17.7 Å². The number of benzene rings is 1. The number of rotatable bonds is 4. The summed E-state index contributed by atoms with van der Waals surface area (Å²) in [5.41, 5.74) is 0.205. The Hall–Kier alpha value is -1.78. The van der Waals surface area contributed by atoms with E-state index in [0.717, 1.165) is 0 Å². The number of ether oxygens (including phenoxy) is 2. The molecule has 7 heteroatoms. The minimum absolute atomic E-state index is 0.128. The Labute approximate surface area is 99.6 Å². The van der Waals surface area contributed by atoms with Gasteiger partial charge in [-0.15, -0.1) is 0 Å². The Morgan fingerprint density at radius 3 is 2.41 bits per heavy atom. The molecule has 0 spiro atoms. The van der Waals surface area contributed by atoms with Gasteiger partial charge in [-0.2, -0.15) is 5.26 Å². The third kappa shape index (κ3) is 2.67. The van der Waals surface area contributed by atoms with Crippen LogP contribution in [0.5, 0.6) is 11.5 Å². The molecule has 1 aromatic rings. The Morgan fingerprint density at radius 1 is 1.35 bits per heavy atom. The molecule has 2 N–H and O–H groups in total. The van der Waals surface area contributed by atoms with E-state index < -0.39 is 10.0 Å². The standard InChI is InChI=1S/C10H12N2O4S/c1-15-8-3-4-9(17(12,13)14)7(5-6-11)10(8)16-2/h3-4H,5H2,1-2H3,(H2,12,13,14). The summed E-state index contributed by atoms with van der Waals surface area (Å²) in [6, 6.07) is 4.59. The van der Waals surface area contributed by atoms with E-state index in [-0.39, 0.29) is 22.6 Å². The third-order valence-electron chi connectivity index (χ3n) is 2.17. The zero-order chi connectivity index (χ0) is 13.1. The third-order valence-corrected chi connectivity index (χ3v) is 3.16. The largest absolute Gasteiger partial charge is 0.493 e. The summed E-state index contributed by atoms with van der Waals surface area (Å²) in [5.74, 6) is 0.561. The lowest BCUT2D eigenvalue weighted by Gasteiger charge is -2.13. The van der Waals surface area contributed by atoms with Gasteiger partial charge in [0.2, 0.25) is 10.0 Å². The van der Waals surface area contributed by atoms with Gasteiger partial charge in [-0.3, -0.25) is 0 Å². The van der Waals surface area contributed by atoms with E-state index in [2.05, 4.69) is 0 Å². The molecular formula is C10H12N2O4S. The van der Waals surface area contributed by atoms with Crippen LogP contribution in [0, 0.1) is 11.3 Å². The lowest BCUT2D eigenvalue weighted by molar-refractivity contribution is 0.351. The second-order valence-electron chi connectivity index (χ2n) is 3.16. The monoisotopic (exact) mass is 256 g/mol. The molecule has 0 bridgehead atoms. The smallest absolute Gasteiger partial charge is 0.238 e. The number of hydrogen-bond donors (Lipinski definition) is 1. The van der Waals surface area contributed by atoms with Crippen molar-refractivity contribution in [2.45, 2.75) is 11.3 Å². The molecule has 0 fully saturated rings. The van der Waals surface area contributed by atoms with E-state index in [1.54, 1.807) is 0 Å². The molecule has 1 aromatic carbocycles. The van der Waals surface area contributed by atoms with Gasteiger partial charge in [0.25, 0.3) is 0 Å². The molecule has 0 amide bonds. The molecule has 0 radical (unpaired) electrons. The van der Waals surface area contributed by atoms with Gasteiger partial charge >= 0.3 is 0 Å². The van der Waals surface area contributed by atoms with Crippen LogP contribution in [-0.2, 0) is 16.4 Å². The molecule has 0 atom stereocenters. The summed E-state index contributed by atoms with van der Waals surface area (Å²) in [6.07, 6.45) is -0.133. The molecule has 0 aliphatic carbocycles. The van der Waals surface area contributed by atoms with Crippen LogP contribution in [0.3, 0.4) is 0 Å². The summed E-state index contributed by atoms with van der Waals surface area (Å²) >= 11 is 0. The highest BCUT2D eigenvalue weighted by molar-refractivity contribution is 7.89. The van der Waals surface area contributed by atoms with Crippen molar-refractivity contribution in [1.29, 1.82) is 5.26 Å². The molecule has 6 nitrogen and oxygen atoms in total. The van der Waals surface area contributed by atoms with Crippen LogP contribution in [0.2, 0.25) is 0 Å². The van der Waals surface area contributed by atoms with E-state index in [1.807, 2.05) is 6.07 Å². The number of hydrogen-bond acceptors (Lipinski definition) is 5. The second kappa shape index (κ2) is 5.03. The average molecular weight is 256 g/mol. The minimum atomic E-state index is -3.90. The van der Waals surface area contributed by atoms with Crippen LogP contribution in [0.4, 0.5) is 0 Å². The predicted molar refractivity (Wildman–Crippen MR) is 60.2 cm³/mol. The van der Waals surface area contributed by atoms with Crippen molar-refractivity contribution in [2.24, 2.45) is 5.14 Å². The fourth-order valence-corrected chi connectivity index (χ4v) is 2.25. The van der Waals surface area contributed by atoms with Crippen LogP contribution in [0.25, 0.3) is 0 Å². The van der Waals surface area contributed by atoms with Crippen LogP contribution < -0.4 is 14.6 Å². The molecule has 0 saturated heterocycles. The Balaban J connectivity index is 3.60. The first kappa shape index (κ1) is 13.3. The number of nitrogens with zero attached hydrogens (tertiary/aromatic N) is 1. The normalized spacial score (nSPS) is 10.7. The number of sulfonamides is 1. The Bertz CT molecular complexity index is 560. The molecule has 0 aliphatic heterocycles. The van der Waals surface area contributed by atoms with Gasteiger partial charge in [0.1, 0.15) is 0 Å². The van der Waals surface area contributed by atoms with Crippen molar-refractivity contribution < 1.29 is 17.9 Å². The zero-order valence-corrected chi connectivity index (χ0v) is 10.2. The fraction of sp³-hybridized carbons (Fsp3) is 0.300. The molecule has 1 rings (SSSR count). The minimum Gasteiger partial charge on any atom is -0.493 e. The summed E-state index contributed by atoms with van der Waals surface area (Å²) in [5, 5.41) is 13.8. The first-order valence-corrected chi connectivity index (χ1v) is 6.14. The summed E-state index contributed by atoms with van der Waals surface area (Å²) in [7, 11) is -1.11. The zero-order valence-electron chi connectivity index (χ0n) is 9.43. The second-order valence-corrected chi connectivity index (χ2v) is 4.69. The first-order chi connectivity index (χ1) is 7.95. The Kier molecular flexibility index (Phi) is 3.93. The van der Waals surface area contributed by atoms with Crippen molar-refractivity contribution in [3.8, 4) is 17.6 Å². The van der Waals surface area contributed by atoms with Crippen LogP contribution in [-0.4, -0.2) is 22.6 Å². The summed E-state index contributed by atoms with van der Waals surface area (Å²) < 4.78 is 32.8. The topological polar surface area (TPSA) is 102 Å². The molecule has 0 saturated carbocycles. The van der Waals surface area contributed by atoms with E-state index in [9.17, 15) is 8.42 Å². The van der Waals surface area contributed by atoms with Gasteiger partial charge in [0, 0.05) is 5.56 Å². The molecule has 17 heavy (non-hydrogen) atoms. The fourth-order valence-electron chi connectivity index (χ4n) is 1.49. The lowest BCUT2D eigenvalue weighted by Crippen LogP contribution is -2.15. The number of methoxy groups -OCH3 is 2. The van der Waals surface area contributed by atoms with E-state index >= 15 is 0 Å². The van der Waals surface area contributed by atoms with Crippen LogP contribution >= 0.6 is 0 Å². The average Bonchev–Trinajstić information content (AvgIpc) is 2.27. The highest BCUT2D eigenvalue weighted by atomic mass is 32.2. The van der Waals surface area contributed by atoms with Crippen LogP contribution in [0.15, 0.2) is 17.0 Å². The first-order valence-electron chi connectivity index (χ1n) is 4.59. The van der Waals surface area contributed by atoms with Gasteiger partial charge in [0.15, 0.2) is 11.5 Å². The molecule has 0 unspecified atom stereocenters. The van der Waals surface area contributed by atoms with Gasteiger partial charge in [-0.1, -0.05) is 0 Å². The summed E-state index contributed by atoms with van der Waals surface area (Å²) in [4.78, 5) is -0.128. The van der Waals surface area contributed by atoms with E-state index in [1.165, 1.54) is 26.4 Å². The van der Waals surface area contributed by atoms with Crippen LogP contribution in [0.1, 0.15) is 5.56 Å². The number of nitrogens with two attached hydrogens (primary N) is 1. The van der Waals surface area contributed by atoms with Gasteiger partial charge in [-0.25, -0.2) is 13.6 Å². The van der Waals surface area contributed by atoms with Gasteiger partial charge in [-0.05, 0) is 12.1 Å². The molecule has 0 aromatic heterocycles. The maximum absolute atomic E-state index is 11.4. The Morgan fingerprint density at radius 2 is 2.00 bits per heavy atom. The maximum Gasteiger partial charge on any atom is 0.238 e. The number of primary sulfonamides is 1.